The number of fused-ring (bicyclic) bond motifs is 1. The maximum Gasteiger partial charge on any atom is 0.496 e. The van der Waals surface area contributed by atoms with Crippen molar-refractivity contribution in [2.45, 2.75) is 45.8 Å². The minimum Gasteiger partial charge on any atom is -0.462 e. The number of hydrogen-bond donors (Lipinski definition) is 0. The summed E-state index contributed by atoms with van der Waals surface area (Å²) in [4.78, 5) is 29.2. The van der Waals surface area contributed by atoms with Gasteiger partial charge in [-0.25, -0.2) is 9.78 Å². The highest BCUT2D eigenvalue weighted by molar-refractivity contribution is 6.62. The lowest BCUT2D eigenvalue weighted by Crippen LogP contribution is -2.41. The molecule has 0 spiro atoms. The van der Waals surface area contributed by atoms with Crippen molar-refractivity contribution in [3.63, 3.8) is 0 Å². The fourth-order valence-corrected chi connectivity index (χ4v) is 2.84. The summed E-state index contributed by atoms with van der Waals surface area (Å²) in [6.07, 6.45) is 3.08. The molecule has 0 amide bonds. The second kappa shape index (κ2) is 6.21. The molecule has 1 aliphatic heterocycles. The molecule has 0 aromatic carbocycles. The first-order chi connectivity index (χ1) is 12.1. The molecule has 0 radical (unpaired) electrons. The summed E-state index contributed by atoms with van der Waals surface area (Å²) < 4.78 is 18.7. The number of rotatable bonds is 3. The normalized spacial score (nSPS) is 18.3. The Balaban J connectivity index is 2.10. The maximum atomic E-state index is 12.8. The monoisotopic (exact) mass is 358 g/mol. The Morgan fingerprint density at radius 2 is 1.88 bits per heavy atom. The van der Waals surface area contributed by atoms with E-state index in [0.29, 0.717) is 16.5 Å². The van der Waals surface area contributed by atoms with Crippen LogP contribution in [-0.4, -0.2) is 40.4 Å². The average Bonchev–Trinajstić information content (AvgIpc) is 2.78. The lowest BCUT2D eigenvalue weighted by Gasteiger charge is -2.32. The summed E-state index contributed by atoms with van der Waals surface area (Å²) in [5.41, 5.74) is -0.316. The quantitative estimate of drug-likeness (QED) is 0.610. The van der Waals surface area contributed by atoms with Gasteiger partial charge in [-0.15, -0.1) is 0 Å². The van der Waals surface area contributed by atoms with Crippen LogP contribution in [0.2, 0.25) is 0 Å². The Kier molecular flexibility index (Phi) is 4.44. The van der Waals surface area contributed by atoms with Crippen LogP contribution in [-0.2, 0) is 21.1 Å². The van der Waals surface area contributed by atoms with Gasteiger partial charge in [-0.1, -0.05) is 0 Å². The van der Waals surface area contributed by atoms with Gasteiger partial charge in [-0.05, 0) is 40.7 Å². The molecular formula is C18H23BN2O5. The molecule has 3 heterocycles. The Bertz CT molecular complexity index is 919. The molecule has 0 atom stereocenters. The third-order valence-electron chi connectivity index (χ3n) is 5.05. The van der Waals surface area contributed by atoms with Crippen LogP contribution in [0, 0.1) is 0 Å². The first-order valence-corrected chi connectivity index (χ1v) is 8.59. The summed E-state index contributed by atoms with van der Waals surface area (Å²) in [7, 11) is 1.10. The molecule has 0 N–H and O–H groups in total. The highest BCUT2D eigenvalue weighted by Gasteiger charge is 2.51. The molecule has 2 aromatic rings. The summed E-state index contributed by atoms with van der Waals surface area (Å²) in [5, 5.41) is 0.324. The van der Waals surface area contributed by atoms with Gasteiger partial charge < -0.3 is 18.6 Å². The molecule has 0 aliphatic carbocycles. The predicted molar refractivity (Wildman–Crippen MR) is 98.7 cm³/mol. The molecule has 138 valence electrons. The lowest BCUT2D eigenvalue weighted by molar-refractivity contribution is 0.00578. The van der Waals surface area contributed by atoms with Gasteiger partial charge in [0.2, 0.25) is 5.43 Å². The van der Waals surface area contributed by atoms with Crippen LogP contribution in [0.25, 0.3) is 11.0 Å². The number of ether oxygens (including phenoxy) is 1. The zero-order valence-electron chi connectivity index (χ0n) is 16.0. The first-order valence-electron chi connectivity index (χ1n) is 8.59. The Labute approximate surface area is 152 Å². The number of aryl methyl sites for hydroxylation is 1. The Hall–Kier alpha value is -2.19. The van der Waals surface area contributed by atoms with Crippen molar-refractivity contribution in [1.29, 1.82) is 0 Å². The number of carbonyl (C=O) groups is 1. The number of hydrogen-bond acceptors (Lipinski definition) is 6. The summed E-state index contributed by atoms with van der Waals surface area (Å²) in [6.45, 7) is 9.73. The minimum atomic E-state index is -0.643. The van der Waals surface area contributed by atoms with E-state index in [9.17, 15) is 9.59 Å². The molecule has 3 rings (SSSR count). The zero-order valence-corrected chi connectivity index (χ0v) is 16.0. The second-order valence-corrected chi connectivity index (χ2v) is 7.43. The van der Waals surface area contributed by atoms with Crippen molar-refractivity contribution < 1.29 is 18.8 Å². The topological polar surface area (TPSA) is 79.7 Å². The summed E-state index contributed by atoms with van der Waals surface area (Å²) in [5.74, 6) is -0.643. The molecule has 1 fully saturated rings. The number of nitrogens with zero attached hydrogens (tertiary/aromatic N) is 2. The molecule has 1 saturated heterocycles. The van der Waals surface area contributed by atoms with E-state index in [4.69, 9.17) is 14.0 Å². The van der Waals surface area contributed by atoms with Gasteiger partial charge in [0.1, 0.15) is 11.2 Å². The van der Waals surface area contributed by atoms with Crippen molar-refractivity contribution in [2.24, 2.45) is 7.05 Å². The number of esters is 1. The largest absolute Gasteiger partial charge is 0.496 e. The van der Waals surface area contributed by atoms with E-state index >= 15 is 0 Å². The Morgan fingerprint density at radius 3 is 2.46 bits per heavy atom. The minimum absolute atomic E-state index is 0.0188. The van der Waals surface area contributed by atoms with Crippen molar-refractivity contribution in [1.82, 2.24) is 9.55 Å². The van der Waals surface area contributed by atoms with Crippen LogP contribution >= 0.6 is 0 Å². The smallest absolute Gasteiger partial charge is 0.462 e. The lowest BCUT2D eigenvalue weighted by atomic mass is 9.80. The highest BCUT2D eigenvalue weighted by atomic mass is 16.7. The van der Waals surface area contributed by atoms with E-state index in [1.54, 1.807) is 30.8 Å². The van der Waals surface area contributed by atoms with Gasteiger partial charge in [-0.2, -0.15) is 0 Å². The van der Waals surface area contributed by atoms with E-state index < -0.39 is 29.7 Å². The van der Waals surface area contributed by atoms with Gasteiger partial charge >= 0.3 is 13.1 Å². The van der Waals surface area contributed by atoms with E-state index in [1.807, 2.05) is 27.7 Å². The van der Waals surface area contributed by atoms with Crippen LogP contribution in [0.5, 0.6) is 0 Å². The molecule has 0 unspecified atom stereocenters. The van der Waals surface area contributed by atoms with Gasteiger partial charge in [0.05, 0.1) is 23.2 Å². The molecule has 7 nitrogen and oxygen atoms in total. The van der Waals surface area contributed by atoms with Crippen LogP contribution in [0.15, 0.2) is 23.3 Å². The predicted octanol–water partition coefficient (Wildman–Crippen LogP) is 1.41. The third-order valence-corrected chi connectivity index (χ3v) is 5.05. The standard InChI is InChI=1S/C18H23BN2O5/c1-7-24-16(23)13-10-21(6)15-12(14(13)22)8-11(9-20-15)19-25-17(2,3)18(4,5)26-19/h8-10H,7H2,1-6H3. The fraction of sp³-hybridized carbons (Fsp3) is 0.500. The fourth-order valence-electron chi connectivity index (χ4n) is 2.84. The third kappa shape index (κ3) is 2.93. The van der Waals surface area contributed by atoms with Gasteiger partial charge in [0.25, 0.3) is 0 Å². The van der Waals surface area contributed by atoms with Crippen molar-refractivity contribution in [2.75, 3.05) is 6.61 Å². The number of aromatic nitrogens is 2. The van der Waals surface area contributed by atoms with Gasteiger partial charge in [0.15, 0.2) is 0 Å². The zero-order chi connectivity index (χ0) is 19.3. The number of carbonyl (C=O) groups excluding carboxylic acids is 1. The molecule has 2 aromatic heterocycles. The van der Waals surface area contributed by atoms with Crippen molar-refractivity contribution >= 4 is 29.6 Å². The van der Waals surface area contributed by atoms with E-state index in [2.05, 4.69) is 4.98 Å². The molecule has 0 bridgehead atoms. The van der Waals surface area contributed by atoms with E-state index in [1.165, 1.54) is 6.20 Å². The number of pyridine rings is 2. The molecular weight excluding hydrogens is 335 g/mol. The maximum absolute atomic E-state index is 12.8. The van der Waals surface area contributed by atoms with Gasteiger partial charge in [-0.3, -0.25) is 4.79 Å². The summed E-state index contributed by atoms with van der Waals surface area (Å²) >= 11 is 0. The van der Waals surface area contributed by atoms with Crippen LogP contribution in [0.1, 0.15) is 45.0 Å². The molecule has 8 heteroatoms. The second-order valence-electron chi connectivity index (χ2n) is 7.43. The van der Waals surface area contributed by atoms with Crippen molar-refractivity contribution in [3.8, 4) is 0 Å². The van der Waals surface area contributed by atoms with Crippen LogP contribution < -0.4 is 10.9 Å². The average molecular weight is 358 g/mol. The van der Waals surface area contributed by atoms with Crippen molar-refractivity contribution in [3.05, 3.63) is 34.2 Å². The van der Waals surface area contributed by atoms with E-state index in [0.717, 1.165) is 0 Å². The van der Waals surface area contributed by atoms with Crippen LogP contribution in [0.3, 0.4) is 0 Å². The first kappa shape index (κ1) is 18.6. The Morgan fingerprint density at radius 1 is 1.27 bits per heavy atom. The van der Waals surface area contributed by atoms with Gasteiger partial charge in [0, 0.05) is 24.9 Å². The molecule has 1 aliphatic rings. The summed E-state index contributed by atoms with van der Waals surface area (Å²) in [6, 6.07) is 1.68. The molecule has 0 saturated carbocycles. The SMILES string of the molecule is CCOC(=O)c1cn(C)c2ncc(B3OC(C)(C)C(C)(C)O3)cc2c1=O. The van der Waals surface area contributed by atoms with Crippen LogP contribution in [0.4, 0.5) is 0 Å². The van der Waals surface area contributed by atoms with E-state index in [-0.39, 0.29) is 12.2 Å². The highest BCUT2D eigenvalue weighted by Crippen LogP contribution is 2.36. The molecule has 26 heavy (non-hydrogen) atoms.